The van der Waals surface area contributed by atoms with E-state index < -0.39 is 0 Å². The molecule has 4 rings (SSSR count). The van der Waals surface area contributed by atoms with E-state index in [-0.39, 0.29) is 11.8 Å². The molecule has 206 valence electrons. The molecule has 2 heterocycles. The van der Waals surface area contributed by atoms with Gasteiger partial charge in [0.2, 0.25) is 0 Å². The highest BCUT2D eigenvalue weighted by Gasteiger charge is 2.22. The summed E-state index contributed by atoms with van der Waals surface area (Å²) in [5.74, 6) is 0.455. The zero-order chi connectivity index (χ0) is 26.7. The number of hydrogen-bond acceptors (Lipinski definition) is 5. The number of anilines is 2. The van der Waals surface area contributed by atoms with Crippen LogP contribution in [0.25, 0.3) is 0 Å². The molecule has 0 aromatic heterocycles. The molecule has 0 unspecified atom stereocenters. The minimum atomic E-state index is -0.163. The summed E-state index contributed by atoms with van der Waals surface area (Å²) in [6.45, 7) is 11.4. The van der Waals surface area contributed by atoms with Crippen molar-refractivity contribution in [3.05, 3.63) is 59.2 Å². The van der Waals surface area contributed by atoms with E-state index in [2.05, 4.69) is 34.3 Å². The fourth-order valence-electron chi connectivity index (χ4n) is 5.15. The van der Waals surface area contributed by atoms with Crippen molar-refractivity contribution in [2.75, 3.05) is 62.7 Å². The van der Waals surface area contributed by atoms with Crippen molar-refractivity contribution in [2.45, 2.75) is 52.4 Å². The average molecular weight is 521 g/mol. The van der Waals surface area contributed by atoms with Crippen molar-refractivity contribution in [3.8, 4) is 0 Å². The number of nitrogens with zero attached hydrogens (tertiary/aromatic N) is 2. The Hall–Kier alpha value is -2.90. The van der Waals surface area contributed by atoms with Crippen molar-refractivity contribution < 1.29 is 14.3 Å². The highest BCUT2D eigenvalue weighted by Crippen LogP contribution is 2.29. The molecule has 0 atom stereocenters. The Labute approximate surface area is 227 Å². The van der Waals surface area contributed by atoms with E-state index in [0.717, 1.165) is 90.1 Å². The van der Waals surface area contributed by atoms with E-state index in [0.29, 0.717) is 29.3 Å². The Morgan fingerprint density at radius 3 is 2.39 bits per heavy atom. The van der Waals surface area contributed by atoms with E-state index in [4.69, 9.17) is 4.74 Å². The zero-order valence-corrected chi connectivity index (χ0v) is 23.1. The standard InChI is InChI=1S/C31H44N4O3/c1-3-4-6-25-7-9-26(10-8-25)30(36)33-27-11-12-29(35-17-13-24(2)14-18-35)28(23-27)31(37)32-15-5-16-34-19-21-38-22-20-34/h7-12,23-24H,3-6,13-22H2,1-2H3,(H,32,37)(H,33,36). The molecule has 2 aromatic rings. The second kappa shape index (κ2) is 14.3. The first-order valence-electron chi connectivity index (χ1n) is 14.4. The quantitative estimate of drug-likeness (QED) is 0.409. The van der Waals surface area contributed by atoms with Gasteiger partial charge in [-0.3, -0.25) is 14.5 Å². The number of benzene rings is 2. The van der Waals surface area contributed by atoms with Crippen molar-refractivity contribution in [1.29, 1.82) is 0 Å². The summed E-state index contributed by atoms with van der Waals surface area (Å²) in [4.78, 5) is 31.0. The van der Waals surface area contributed by atoms with Gasteiger partial charge < -0.3 is 20.3 Å². The minimum absolute atomic E-state index is 0.0861. The van der Waals surface area contributed by atoms with Gasteiger partial charge >= 0.3 is 0 Å². The maximum atomic E-state index is 13.4. The molecular formula is C31H44N4O3. The largest absolute Gasteiger partial charge is 0.379 e. The van der Waals surface area contributed by atoms with Crippen molar-refractivity contribution >= 4 is 23.2 Å². The number of carbonyl (C=O) groups is 2. The van der Waals surface area contributed by atoms with Crippen LogP contribution in [-0.2, 0) is 11.2 Å². The summed E-state index contributed by atoms with van der Waals surface area (Å²) in [6.07, 6.45) is 6.46. The van der Waals surface area contributed by atoms with Gasteiger partial charge in [0, 0.05) is 49.7 Å². The molecule has 0 spiro atoms. The number of unbranched alkanes of at least 4 members (excludes halogenated alkanes) is 1. The second-order valence-electron chi connectivity index (χ2n) is 10.7. The van der Waals surface area contributed by atoms with Gasteiger partial charge in [0.05, 0.1) is 18.8 Å². The number of piperidine rings is 1. The molecule has 2 saturated heterocycles. The van der Waals surface area contributed by atoms with Crippen LogP contribution in [0.5, 0.6) is 0 Å². The summed E-state index contributed by atoms with van der Waals surface area (Å²) < 4.78 is 5.42. The van der Waals surface area contributed by atoms with E-state index >= 15 is 0 Å². The lowest BCUT2D eigenvalue weighted by molar-refractivity contribution is 0.0374. The number of amides is 2. The van der Waals surface area contributed by atoms with E-state index in [1.165, 1.54) is 5.56 Å². The van der Waals surface area contributed by atoms with Crippen LogP contribution in [0, 0.1) is 5.92 Å². The molecule has 2 aliphatic rings. The Bertz CT molecular complexity index is 1040. The molecule has 38 heavy (non-hydrogen) atoms. The normalized spacial score (nSPS) is 16.8. The van der Waals surface area contributed by atoms with Gasteiger partial charge in [-0.1, -0.05) is 32.4 Å². The third-order valence-electron chi connectivity index (χ3n) is 7.70. The number of ether oxygens (including phenoxy) is 1. The number of hydrogen-bond donors (Lipinski definition) is 2. The summed E-state index contributed by atoms with van der Waals surface area (Å²) in [5.41, 5.74) is 4.07. The Morgan fingerprint density at radius 1 is 0.947 bits per heavy atom. The number of nitrogens with one attached hydrogen (secondary N) is 2. The van der Waals surface area contributed by atoms with Gasteiger partial charge in [-0.2, -0.15) is 0 Å². The number of rotatable bonds is 11. The van der Waals surface area contributed by atoms with Crippen LogP contribution in [0.2, 0.25) is 0 Å². The molecule has 0 aliphatic carbocycles. The Kier molecular flexibility index (Phi) is 10.6. The third kappa shape index (κ3) is 8.05. The third-order valence-corrected chi connectivity index (χ3v) is 7.70. The molecule has 2 aliphatic heterocycles. The summed E-state index contributed by atoms with van der Waals surface area (Å²) in [6, 6.07) is 13.6. The predicted molar refractivity (Wildman–Crippen MR) is 154 cm³/mol. The van der Waals surface area contributed by atoms with Crippen LogP contribution in [0.1, 0.15) is 72.2 Å². The topological polar surface area (TPSA) is 73.9 Å². The van der Waals surface area contributed by atoms with Gasteiger partial charge in [-0.15, -0.1) is 0 Å². The van der Waals surface area contributed by atoms with E-state index in [9.17, 15) is 9.59 Å². The minimum Gasteiger partial charge on any atom is -0.379 e. The molecular weight excluding hydrogens is 476 g/mol. The van der Waals surface area contributed by atoms with Crippen LogP contribution in [0.3, 0.4) is 0 Å². The first-order chi connectivity index (χ1) is 18.5. The van der Waals surface area contributed by atoms with Gasteiger partial charge in [0.25, 0.3) is 11.8 Å². The molecule has 7 nitrogen and oxygen atoms in total. The first-order valence-corrected chi connectivity index (χ1v) is 14.4. The van der Waals surface area contributed by atoms with Gasteiger partial charge in [0.1, 0.15) is 0 Å². The SMILES string of the molecule is CCCCc1ccc(C(=O)Nc2ccc(N3CCC(C)CC3)c(C(=O)NCCCN3CCOCC3)c2)cc1. The highest BCUT2D eigenvalue weighted by atomic mass is 16.5. The lowest BCUT2D eigenvalue weighted by Gasteiger charge is -2.33. The average Bonchev–Trinajstić information content (AvgIpc) is 2.95. The van der Waals surface area contributed by atoms with Crippen LogP contribution in [0.15, 0.2) is 42.5 Å². The van der Waals surface area contributed by atoms with E-state index in [1.807, 2.05) is 42.5 Å². The smallest absolute Gasteiger partial charge is 0.255 e. The van der Waals surface area contributed by atoms with Crippen LogP contribution in [-0.4, -0.2) is 69.2 Å². The number of carbonyl (C=O) groups excluding carboxylic acids is 2. The molecule has 2 aromatic carbocycles. The molecule has 0 bridgehead atoms. The summed E-state index contributed by atoms with van der Waals surface area (Å²) in [5, 5.41) is 6.13. The first kappa shape index (κ1) is 28.1. The maximum absolute atomic E-state index is 13.4. The fraction of sp³-hybridized carbons (Fsp3) is 0.548. The fourth-order valence-corrected chi connectivity index (χ4v) is 5.15. The van der Waals surface area contributed by atoms with Crippen LogP contribution in [0.4, 0.5) is 11.4 Å². The Morgan fingerprint density at radius 2 is 1.68 bits per heavy atom. The number of aryl methyl sites for hydroxylation is 1. The maximum Gasteiger partial charge on any atom is 0.255 e. The summed E-state index contributed by atoms with van der Waals surface area (Å²) in [7, 11) is 0. The molecule has 7 heteroatoms. The monoisotopic (exact) mass is 520 g/mol. The Balaban J connectivity index is 1.42. The molecule has 0 saturated carbocycles. The van der Waals surface area contributed by atoms with Crippen molar-refractivity contribution in [2.24, 2.45) is 5.92 Å². The summed E-state index contributed by atoms with van der Waals surface area (Å²) >= 11 is 0. The molecule has 2 N–H and O–H groups in total. The van der Waals surface area contributed by atoms with Crippen LogP contribution >= 0.6 is 0 Å². The number of morpholine rings is 1. The molecule has 0 radical (unpaired) electrons. The lowest BCUT2D eigenvalue weighted by atomic mass is 9.97. The van der Waals surface area contributed by atoms with Gasteiger partial charge in [-0.05, 0) is 80.5 Å². The molecule has 2 fully saturated rings. The van der Waals surface area contributed by atoms with Crippen molar-refractivity contribution in [3.63, 3.8) is 0 Å². The van der Waals surface area contributed by atoms with Crippen molar-refractivity contribution in [1.82, 2.24) is 10.2 Å². The van der Waals surface area contributed by atoms with Gasteiger partial charge in [-0.25, -0.2) is 0 Å². The predicted octanol–water partition coefficient (Wildman–Crippen LogP) is 4.97. The van der Waals surface area contributed by atoms with Gasteiger partial charge in [0.15, 0.2) is 0 Å². The van der Waals surface area contributed by atoms with Crippen LogP contribution < -0.4 is 15.5 Å². The second-order valence-corrected chi connectivity index (χ2v) is 10.7. The highest BCUT2D eigenvalue weighted by molar-refractivity contribution is 6.06. The molecule has 2 amide bonds. The zero-order valence-electron chi connectivity index (χ0n) is 23.1. The van der Waals surface area contributed by atoms with E-state index in [1.54, 1.807) is 0 Å². The lowest BCUT2D eigenvalue weighted by Crippen LogP contribution is -2.38.